The monoisotopic (exact) mass is 257 g/mol. The Balaban J connectivity index is 1.82. The molecule has 2 aromatic rings. The van der Waals surface area contributed by atoms with Crippen LogP contribution in [-0.4, -0.2) is 26.8 Å². The Hall–Kier alpha value is -1.75. The summed E-state index contributed by atoms with van der Waals surface area (Å²) in [4.78, 5) is 1.53. The molecule has 19 heavy (non-hydrogen) atoms. The van der Waals surface area contributed by atoms with Crippen molar-refractivity contribution in [3.05, 3.63) is 41.2 Å². The molecule has 0 bridgehead atoms. The van der Waals surface area contributed by atoms with Gasteiger partial charge in [-0.2, -0.15) is 4.80 Å². The molecule has 5 heteroatoms. The minimum atomic E-state index is 0.407. The summed E-state index contributed by atoms with van der Waals surface area (Å²) in [5, 5.41) is 15.9. The molecular weight excluding hydrogens is 238 g/mol. The standard InChI is InChI=1S/C14H19N5/c1-3-15-14-11(9-13-16-18-19(2)17-13)8-10-6-4-5-7-12(10)14/h4-7,11,14-15H,3,8-9H2,1-2H3. The van der Waals surface area contributed by atoms with E-state index in [1.165, 1.54) is 15.9 Å². The van der Waals surface area contributed by atoms with Crippen LogP contribution >= 0.6 is 0 Å². The summed E-state index contributed by atoms with van der Waals surface area (Å²) in [5.41, 5.74) is 2.88. The molecule has 0 radical (unpaired) electrons. The highest BCUT2D eigenvalue weighted by molar-refractivity contribution is 5.36. The fourth-order valence-electron chi connectivity index (χ4n) is 3.00. The minimum Gasteiger partial charge on any atom is -0.310 e. The Bertz CT molecular complexity index is 562. The fourth-order valence-corrected chi connectivity index (χ4v) is 3.00. The lowest BCUT2D eigenvalue weighted by Crippen LogP contribution is -2.26. The summed E-state index contributed by atoms with van der Waals surface area (Å²) in [6.07, 6.45) is 1.96. The minimum absolute atomic E-state index is 0.407. The van der Waals surface area contributed by atoms with Crippen LogP contribution in [0.1, 0.15) is 29.9 Å². The maximum absolute atomic E-state index is 4.30. The molecule has 0 saturated heterocycles. The number of hydrogen-bond donors (Lipinski definition) is 1. The predicted octanol–water partition coefficient (Wildman–Crippen LogP) is 1.28. The number of hydrogen-bond acceptors (Lipinski definition) is 4. The van der Waals surface area contributed by atoms with E-state index in [0.717, 1.165) is 25.2 Å². The number of aromatic nitrogens is 4. The van der Waals surface area contributed by atoms with Crippen LogP contribution < -0.4 is 5.32 Å². The van der Waals surface area contributed by atoms with Gasteiger partial charge in [0, 0.05) is 12.5 Å². The highest BCUT2D eigenvalue weighted by Crippen LogP contribution is 2.37. The smallest absolute Gasteiger partial charge is 0.175 e. The molecule has 1 heterocycles. The van der Waals surface area contributed by atoms with Crippen LogP contribution in [-0.2, 0) is 19.9 Å². The number of fused-ring (bicyclic) bond motifs is 1. The number of nitrogens with zero attached hydrogens (tertiary/aromatic N) is 4. The van der Waals surface area contributed by atoms with E-state index in [2.05, 4.69) is 51.9 Å². The molecule has 100 valence electrons. The van der Waals surface area contributed by atoms with E-state index in [0.29, 0.717) is 12.0 Å². The Kier molecular flexibility index (Phi) is 3.29. The first kappa shape index (κ1) is 12.3. The largest absolute Gasteiger partial charge is 0.310 e. The lowest BCUT2D eigenvalue weighted by atomic mass is 9.96. The predicted molar refractivity (Wildman–Crippen MR) is 72.6 cm³/mol. The number of nitrogens with one attached hydrogen (secondary N) is 1. The lowest BCUT2D eigenvalue weighted by Gasteiger charge is -2.20. The number of benzene rings is 1. The molecule has 0 aliphatic heterocycles. The van der Waals surface area contributed by atoms with Gasteiger partial charge in [0.05, 0.1) is 7.05 Å². The van der Waals surface area contributed by atoms with Crippen molar-refractivity contribution in [3.63, 3.8) is 0 Å². The second kappa shape index (κ2) is 5.09. The Morgan fingerprint density at radius 3 is 2.95 bits per heavy atom. The Morgan fingerprint density at radius 2 is 2.21 bits per heavy atom. The van der Waals surface area contributed by atoms with Crippen molar-refractivity contribution in [3.8, 4) is 0 Å². The molecule has 3 rings (SSSR count). The van der Waals surface area contributed by atoms with Gasteiger partial charge < -0.3 is 5.32 Å². The highest BCUT2D eigenvalue weighted by Gasteiger charge is 2.32. The van der Waals surface area contributed by atoms with Gasteiger partial charge in [0.15, 0.2) is 5.82 Å². The maximum atomic E-state index is 4.30. The highest BCUT2D eigenvalue weighted by atomic mass is 15.6. The molecule has 1 aliphatic rings. The summed E-state index contributed by atoms with van der Waals surface area (Å²) in [6.45, 7) is 3.13. The summed E-state index contributed by atoms with van der Waals surface area (Å²) in [6, 6.07) is 9.10. The molecule has 1 aliphatic carbocycles. The zero-order valence-electron chi connectivity index (χ0n) is 11.4. The van der Waals surface area contributed by atoms with Crippen LogP contribution in [0.4, 0.5) is 0 Å². The molecule has 2 unspecified atom stereocenters. The van der Waals surface area contributed by atoms with Gasteiger partial charge in [0.25, 0.3) is 0 Å². The SMILES string of the molecule is CCNC1c2ccccc2CC1Cc1nnn(C)n1. The Labute approximate surface area is 113 Å². The third-order valence-corrected chi connectivity index (χ3v) is 3.76. The van der Waals surface area contributed by atoms with E-state index in [4.69, 9.17) is 0 Å². The first-order chi connectivity index (χ1) is 9.28. The second-order valence-electron chi connectivity index (χ2n) is 5.10. The summed E-state index contributed by atoms with van der Waals surface area (Å²) >= 11 is 0. The van der Waals surface area contributed by atoms with Crippen molar-refractivity contribution in [2.45, 2.75) is 25.8 Å². The van der Waals surface area contributed by atoms with Gasteiger partial charge in [0.1, 0.15) is 0 Å². The number of rotatable bonds is 4. The molecule has 2 atom stereocenters. The van der Waals surface area contributed by atoms with Crippen molar-refractivity contribution in [1.82, 2.24) is 25.5 Å². The van der Waals surface area contributed by atoms with Crippen molar-refractivity contribution >= 4 is 0 Å². The molecule has 0 spiro atoms. The molecule has 0 fully saturated rings. The van der Waals surface area contributed by atoms with Crippen LogP contribution in [0, 0.1) is 5.92 Å². The average molecular weight is 257 g/mol. The van der Waals surface area contributed by atoms with E-state index in [1.807, 2.05) is 7.05 Å². The van der Waals surface area contributed by atoms with Crippen molar-refractivity contribution in [2.24, 2.45) is 13.0 Å². The van der Waals surface area contributed by atoms with E-state index in [1.54, 1.807) is 0 Å². The zero-order chi connectivity index (χ0) is 13.2. The molecular formula is C14H19N5. The van der Waals surface area contributed by atoms with Gasteiger partial charge >= 0.3 is 0 Å². The normalized spacial score (nSPS) is 21.6. The molecule has 0 saturated carbocycles. The maximum Gasteiger partial charge on any atom is 0.175 e. The topological polar surface area (TPSA) is 55.6 Å². The van der Waals surface area contributed by atoms with Gasteiger partial charge in [-0.3, -0.25) is 0 Å². The fraction of sp³-hybridized carbons (Fsp3) is 0.500. The van der Waals surface area contributed by atoms with Crippen molar-refractivity contribution in [1.29, 1.82) is 0 Å². The lowest BCUT2D eigenvalue weighted by molar-refractivity contribution is 0.387. The molecule has 1 aromatic heterocycles. The summed E-state index contributed by atoms with van der Waals surface area (Å²) in [7, 11) is 1.81. The van der Waals surface area contributed by atoms with Gasteiger partial charge in [0.2, 0.25) is 0 Å². The van der Waals surface area contributed by atoms with Crippen LogP contribution in [0.15, 0.2) is 24.3 Å². The van der Waals surface area contributed by atoms with Gasteiger partial charge in [-0.15, -0.1) is 10.2 Å². The molecule has 1 N–H and O–H groups in total. The van der Waals surface area contributed by atoms with E-state index < -0.39 is 0 Å². The van der Waals surface area contributed by atoms with Crippen LogP contribution in [0.3, 0.4) is 0 Å². The Morgan fingerprint density at radius 1 is 1.37 bits per heavy atom. The quantitative estimate of drug-likeness (QED) is 0.896. The van der Waals surface area contributed by atoms with Crippen LogP contribution in [0.2, 0.25) is 0 Å². The van der Waals surface area contributed by atoms with Crippen molar-refractivity contribution in [2.75, 3.05) is 6.54 Å². The number of tetrazole rings is 1. The van der Waals surface area contributed by atoms with Crippen molar-refractivity contribution < 1.29 is 0 Å². The molecule has 0 amide bonds. The second-order valence-corrected chi connectivity index (χ2v) is 5.10. The van der Waals surface area contributed by atoms with E-state index in [9.17, 15) is 0 Å². The van der Waals surface area contributed by atoms with E-state index in [-0.39, 0.29) is 0 Å². The molecule has 1 aromatic carbocycles. The summed E-state index contributed by atoms with van der Waals surface area (Å²) < 4.78 is 0. The van der Waals surface area contributed by atoms with Crippen LogP contribution in [0.25, 0.3) is 0 Å². The van der Waals surface area contributed by atoms with E-state index >= 15 is 0 Å². The van der Waals surface area contributed by atoms with Gasteiger partial charge in [-0.25, -0.2) is 0 Å². The summed E-state index contributed by atoms with van der Waals surface area (Å²) in [5.74, 6) is 1.35. The molecule has 5 nitrogen and oxygen atoms in total. The third-order valence-electron chi connectivity index (χ3n) is 3.76. The van der Waals surface area contributed by atoms with Gasteiger partial charge in [-0.1, -0.05) is 31.2 Å². The first-order valence-corrected chi connectivity index (χ1v) is 6.82. The number of aryl methyl sites for hydroxylation is 1. The zero-order valence-corrected chi connectivity index (χ0v) is 11.4. The van der Waals surface area contributed by atoms with Crippen LogP contribution in [0.5, 0.6) is 0 Å². The van der Waals surface area contributed by atoms with Gasteiger partial charge in [-0.05, 0) is 35.2 Å². The first-order valence-electron chi connectivity index (χ1n) is 6.82. The average Bonchev–Trinajstić information content (AvgIpc) is 2.96. The third kappa shape index (κ3) is 2.38.